The van der Waals surface area contributed by atoms with Crippen molar-refractivity contribution in [2.24, 2.45) is 16.5 Å². The van der Waals surface area contributed by atoms with Crippen LogP contribution >= 0.6 is 24.0 Å². The molecule has 0 aliphatic carbocycles. The molecule has 5 nitrogen and oxygen atoms in total. The van der Waals surface area contributed by atoms with Gasteiger partial charge in [0.25, 0.3) is 6.43 Å². The number of halogens is 3. The van der Waals surface area contributed by atoms with E-state index >= 15 is 0 Å². The second-order valence-electron chi connectivity index (χ2n) is 2.91. The van der Waals surface area contributed by atoms with Gasteiger partial charge < -0.3 is 16.2 Å². The molecule has 0 amide bonds. The molecule has 0 atom stereocenters. The van der Waals surface area contributed by atoms with Crippen molar-refractivity contribution in [1.29, 1.82) is 0 Å². The van der Waals surface area contributed by atoms with Crippen LogP contribution in [0.2, 0.25) is 0 Å². The van der Waals surface area contributed by atoms with E-state index in [2.05, 4.69) is 9.98 Å². The van der Waals surface area contributed by atoms with Crippen molar-refractivity contribution in [3.8, 4) is 5.88 Å². The Bertz CT molecular complexity index is 372. The van der Waals surface area contributed by atoms with Crippen molar-refractivity contribution in [2.45, 2.75) is 13.0 Å². The molecule has 0 aromatic carbocycles. The number of alkyl halides is 2. The highest BCUT2D eigenvalue weighted by Crippen LogP contribution is 2.15. The summed E-state index contributed by atoms with van der Waals surface area (Å²) in [6.45, 7) is -0.555. The van der Waals surface area contributed by atoms with Crippen LogP contribution in [-0.2, 0) is 6.54 Å². The summed E-state index contributed by atoms with van der Waals surface area (Å²) in [6, 6.07) is 3.30. The van der Waals surface area contributed by atoms with E-state index in [1.165, 1.54) is 6.20 Å². The summed E-state index contributed by atoms with van der Waals surface area (Å²) in [7, 11) is 0. The lowest BCUT2D eigenvalue weighted by atomic mass is 10.3. The Morgan fingerprint density at radius 2 is 2.18 bits per heavy atom. The Morgan fingerprint density at radius 1 is 1.47 bits per heavy atom. The molecule has 0 radical (unpaired) electrons. The largest absolute Gasteiger partial charge is 0.471 e. The monoisotopic (exact) mass is 358 g/mol. The molecule has 1 rings (SSSR count). The standard InChI is InChI=1S/C9H12F2N4O.HI/c10-7(11)5-16-8-6(2-1-3-14-8)4-15-9(12)13;/h1-3,7H,4-5H2,(H4,12,13,15);1H. The van der Waals surface area contributed by atoms with Gasteiger partial charge in [0.2, 0.25) is 5.88 Å². The predicted octanol–water partition coefficient (Wildman–Crippen LogP) is 1.12. The molecule has 0 unspecified atom stereocenters. The molecule has 0 aliphatic rings. The second kappa shape index (κ2) is 7.98. The molecule has 0 fully saturated rings. The van der Waals surface area contributed by atoms with Crippen LogP contribution < -0.4 is 16.2 Å². The van der Waals surface area contributed by atoms with Gasteiger partial charge in [0.05, 0.1) is 6.54 Å². The fraction of sp³-hybridized carbons (Fsp3) is 0.333. The molecule has 1 heterocycles. The maximum atomic E-state index is 11.9. The number of hydrogen-bond donors (Lipinski definition) is 2. The average Bonchev–Trinajstić information content (AvgIpc) is 2.24. The number of aromatic nitrogens is 1. The van der Waals surface area contributed by atoms with Crippen LogP contribution in [0.5, 0.6) is 5.88 Å². The average molecular weight is 358 g/mol. The maximum absolute atomic E-state index is 11.9. The Labute approximate surface area is 114 Å². The first kappa shape index (κ1) is 15.8. The summed E-state index contributed by atoms with van der Waals surface area (Å²) < 4.78 is 28.7. The number of nitrogens with zero attached hydrogens (tertiary/aromatic N) is 2. The zero-order valence-electron chi connectivity index (χ0n) is 8.85. The van der Waals surface area contributed by atoms with Gasteiger partial charge in [0.1, 0.15) is 0 Å². The summed E-state index contributed by atoms with van der Waals surface area (Å²) in [4.78, 5) is 7.57. The summed E-state index contributed by atoms with van der Waals surface area (Å²) in [5.41, 5.74) is 10.9. The molecule has 4 N–H and O–H groups in total. The third kappa shape index (κ3) is 6.19. The zero-order valence-corrected chi connectivity index (χ0v) is 11.2. The van der Waals surface area contributed by atoms with Crippen molar-refractivity contribution in [2.75, 3.05) is 6.61 Å². The lowest BCUT2D eigenvalue weighted by Crippen LogP contribution is -2.22. The van der Waals surface area contributed by atoms with Gasteiger partial charge >= 0.3 is 0 Å². The van der Waals surface area contributed by atoms with Crippen molar-refractivity contribution in [3.63, 3.8) is 0 Å². The van der Waals surface area contributed by atoms with Crippen molar-refractivity contribution < 1.29 is 13.5 Å². The van der Waals surface area contributed by atoms with E-state index in [0.29, 0.717) is 5.56 Å². The molecular formula is C9H13F2IN4O. The van der Waals surface area contributed by atoms with Gasteiger partial charge in [0.15, 0.2) is 12.6 Å². The van der Waals surface area contributed by atoms with E-state index in [1.807, 2.05) is 0 Å². The quantitative estimate of drug-likeness (QED) is 0.469. The van der Waals surface area contributed by atoms with Crippen LogP contribution in [0, 0.1) is 0 Å². The minimum Gasteiger partial charge on any atom is -0.471 e. The normalized spacial score (nSPS) is 9.59. The first-order valence-electron chi connectivity index (χ1n) is 4.50. The second-order valence-corrected chi connectivity index (χ2v) is 2.91. The van der Waals surface area contributed by atoms with Gasteiger partial charge in [-0.05, 0) is 6.07 Å². The van der Waals surface area contributed by atoms with Crippen LogP contribution in [0.1, 0.15) is 5.56 Å². The highest BCUT2D eigenvalue weighted by molar-refractivity contribution is 14.0. The third-order valence-corrected chi connectivity index (χ3v) is 1.63. The number of guanidine groups is 1. The Balaban J connectivity index is 0.00000256. The lowest BCUT2D eigenvalue weighted by molar-refractivity contribution is 0.0791. The third-order valence-electron chi connectivity index (χ3n) is 1.63. The molecule has 1 aromatic heterocycles. The number of hydrogen-bond acceptors (Lipinski definition) is 3. The predicted molar refractivity (Wildman–Crippen MR) is 70.7 cm³/mol. The SMILES string of the molecule is I.NC(N)=NCc1cccnc1OCC(F)F. The maximum Gasteiger partial charge on any atom is 0.272 e. The van der Waals surface area contributed by atoms with Gasteiger partial charge in [-0.1, -0.05) is 6.07 Å². The Kier molecular flexibility index (Phi) is 7.42. The van der Waals surface area contributed by atoms with Crippen molar-refractivity contribution in [3.05, 3.63) is 23.9 Å². The van der Waals surface area contributed by atoms with E-state index in [-0.39, 0.29) is 42.4 Å². The highest BCUT2D eigenvalue weighted by atomic mass is 127. The molecule has 0 saturated heterocycles. The highest BCUT2D eigenvalue weighted by Gasteiger charge is 2.08. The van der Waals surface area contributed by atoms with Gasteiger partial charge in [0, 0.05) is 11.8 Å². The molecule has 8 heteroatoms. The minimum absolute atomic E-state index is 0. The first-order chi connectivity index (χ1) is 7.59. The minimum atomic E-state index is -2.54. The molecular weight excluding hydrogens is 345 g/mol. The molecule has 0 bridgehead atoms. The van der Waals surface area contributed by atoms with Crippen LogP contribution in [0.4, 0.5) is 8.78 Å². The summed E-state index contributed by atoms with van der Waals surface area (Å²) in [5, 5.41) is 0. The number of ether oxygens (including phenoxy) is 1. The fourth-order valence-electron chi connectivity index (χ4n) is 0.993. The van der Waals surface area contributed by atoms with E-state index in [0.717, 1.165) is 0 Å². The number of rotatable bonds is 5. The van der Waals surface area contributed by atoms with Gasteiger partial charge in [-0.25, -0.2) is 18.8 Å². The van der Waals surface area contributed by atoms with Gasteiger partial charge in [-0.3, -0.25) is 0 Å². The summed E-state index contributed by atoms with van der Waals surface area (Å²) in [6.07, 6.45) is -1.10. The van der Waals surface area contributed by atoms with E-state index in [4.69, 9.17) is 16.2 Å². The lowest BCUT2D eigenvalue weighted by Gasteiger charge is -2.07. The molecule has 17 heavy (non-hydrogen) atoms. The number of aliphatic imine (C=N–C) groups is 1. The van der Waals surface area contributed by atoms with Crippen LogP contribution in [-0.4, -0.2) is 24.0 Å². The molecule has 96 valence electrons. The molecule has 1 aromatic rings. The van der Waals surface area contributed by atoms with Crippen LogP contribution in [0.15, 0.2) is 23.3 Å². The van der Waals surface area contributed by atoms with Crippen LogP contribution in [0.3, 0.4) is 0 Å². The Hall–Kier alpha value is -1.19. The number of nitrogens with two attached hydrogens (primary N) is 2. The fourth-order valence-corrected chi connectivity index (χ4v) is 0.993. The number of pyridine rings is 1. The summed E-state index contributed by atoms with van der Waals surface area (Å²) >= 11 is 0. The van der Waals surface area contributed by atoms with Gasteiger partial charge in [-0.15, -0.1) is 24.0 Å². The molecule has 0 saturated carbocycles. The summed E-state index contributed by atoms with van der Waals surface area (Å²) in [5.74, 6) is 0.0384. The van der Waals surface area contributed by atoms with Crippen molar-refractivity contribution >= 4 is 29.9 Å². The zero-order chi connectivity index (χ0) is 12.0. The van der Waals surface area contributed by atoms with E-state index in [9.17, 15) is 8.78 Å². The van der Waals surface area contributed by atoms with Crippen LogP contribution in [0.25, 0.3) is 0 Å². The molecule has 0 aliphatic heterocycles. The van der Waals surface area contributed by atoms with Crippen molar-refractivity contribution in [1.82, 2.24) is 4.98 Å². The van der Waals surface area contributed by atoms with E-state index in [1.54, 1.807) is 12.1 Å². The van der Waals surface area contributed by atoms with E-state index < -0.39 is 13.0 Å². The van der Waals surface area contributed by atoms with Gasteiger partial charge in [-0.2, -0.15) is 0 Å². The first-order valence-corrected chi connectivity index (χ1v) is 4.50. The Morgan fingerprint density at radius 3 is 2.76 bits per heavy atom. The molecule has 0 spiro atoms. The smallest absolute Gasteiger partial charge is 0.272 e. The topological polar surface area (TPSA) is 86.5 Å².